The number of amides is 3. The van der Waals surface area contributed by atoms with E-state index in [2.05, 4.69) is 5.32 Å². The van der Waals surface area contributed by atoms with Crippen LogP contribution in [0.2, 0.25) is 0 Å². The molecule has 0 saturated carbocycles. The van der Waals surface area contributed by atoms with E-state index in [1.54, 1.807) is 43.3 Å². The van der Waals surface area contributed by atoms with Gasteiger partial charge in [-0.1, -0.05) is 42.2 Å². The molecule has 0 radical (unpaired) electrons. The molecule has 2 aromatic rings. The van der Waals surface area contributed by atoms with Gasteiger partial charge in [-0.2, -0.15) is 0 Å². The maximum Gasteiger partial charge on any atom is 0.338 e. The quantitative estimate of drug-likeness (QED) is 0.273. The third-order valence-electron chi connectivity index (χ3n) is 5.75. The van der Waals surface area contributed by atoms with Crippen LogP contribution < -0.4 is 10.2 Å². The van der Waals surface area contributed by atoms with Crippen molar-refractivity contribution in [3.05, 3.63) is 64.6 Å². The first-order valence-corrected chi connectivity index (χ1v) is 12.9. The SMILES string of the molecule is CCOC(=O)c1ccc(NC(=O)CN2C(=O)/C(=C3\SC(=S)N(CCCC(=O)O)C3=O)c3ccccc32)cc1. The average molecular weight is 554 g/mol. The number of aliphatic carboxylic acids is 1. The number of fused-ring (bicyclic) bond motifs is 1. The second-order valence-electron chi connectivity index (χ2n) is 8.28. The molecule has 0 aliphatic carbocycles. The highest BCUT2D eigenvalue weighted by atomic mass is 32.2. The summed E-state index contributed by atoms with van der Waals surface area (Å²) in [5, 5.41) is 11.6. The molecular formula is C26H23N3O7S2. The number of anilines is 2. The van der Waals surface area contributed by atoms with E-state index in [-0.39, 0.29) is 47.3 Å². The molecule has 3 amide bonds. The third kappa shape index (κ3) is 5.60. The number of ether oxygens (including phenoxy) is 1. The molecular weight excluding hydrogens is 530 g/mol. The van der Waals surface area contributed by atoms with Gasteiger partial charge in [0.05, 0.1) is 28.3 Å². The van der Waals surface area contributed by atoms with Gasteiger partial charge in [0.25, 0.3) is 11.8 Å². The Morgan fingerprint density at radius 3 is 2.42 bits per heavy atom. The topological polar surface area (TPSA) is 133 Å². The summed E-state index contributed by atoms with van der Waals surface area (Å²) in [5.74, 6) is -2.89. The number of nitrogens with one attached hydrogen (secondary N) is 1. The molecule has 196 valence electrons. The number of para-hydroxylation sites is 1. The zero-order valence-corrected chi connectivity index (χ0v) is 21.9. The van der Waals surface area contributed by atoms with Crippen molar-refractivity contribution in [3.63, 3.8) is 0 Å². The molecule has 38 heavy (non-hydrogen) atoms. The molecule has 4 rings (SSSR count). The van der Waals surface area contributed by atoms with Crippen molar-refractivity contribution in [2.45, 2.75) is 19.8 Å². The molecule has 1 fully saturated rings. The van der Waals surface area contributed by atoms with E-state index >= 15 is 0 Å². The number of thiocarbonyl (C=S) groups is 1. The number of nitrogens with zero attached hydrogens (tertiary/aromatic N) is 2. The molecule has 0 atom stereocenters. The normalized spacial score (nSPS) is 16.6. The predicted octanol–water partition coefficient (Wildman–Crippen LogP) is 3.28. The number of hydrogen-bond donors (Lipinski definition) is 2. The minimum absolute atomic E-state index is 0.112. The van der Waals surface area contributed by atoms with Gasteiger partial charge in [-0.15, -0.1) is 0 Å². The Morgan fingerprint density at radius 2 is 1.74 bits per heavy atom. The largest absolute Gasteiger partial charge is 0.481 e. The summed E-state index contributed by atoms with van der Waals surface area (Å²) < 4.78 is 5.20. The smallest absolute Gasteiger partial charge is 0.338 e. The average Bonchev–Trinajstić information content (AvgIpc) is 3.31. The summed E-state index contributed by atoms with van der Waals surface area (Å²) in [6, 6.07) is 13.0. The zero-order chi connectivity index (χ0) is 27.4. The van der Waals surface area contributed by atoms with E-state index in [4.69, 9.17) is 22.1 Å². The van der Waals surface area contributed by atoms with Crippen LogP contribution in [0.1, 0.15) is 35.7 Å². The molecule has 2 heterocycles. The van der Waals surface area contributed by atoms with E-state index in [0.717, 1.165) is 11.8 Å². The lowest BCUT2D eigenvalue weighted by Crippen LogP contribution is -2.35. The van der Waals surface area contributed by atoms with Crippen LogP contribution in [0.5, 0.6) is 0 Å². The number of carboxylic acid groups (broad SMARTS) is 1. The number of benzene rings is 2. The Morgan fingerprint density at radius 1 is 1.03 bits per heavy atom. The number of hydrogen-bond acceptors (Lipinski definition) is 8. The van der Waals surface area contributed by atoms with Gasteiger partial charge >= 0.3 is 11.9 Å². The predicted molar refractivity (Wildman–Crippen MR) is 146 cm³/mol. The zero-order valence-electron chi connectivity index (χ0n) is 20.3. The van der Waals surface area contributed by atoms with Gasteiger partial charge in [0.2, 0.25) is 5.91 Å². The molecule has 2 aromatic carbocycles. The molecule has 2 aliphatic rings. The van der Waals surface area contributed by atoms with Crippen molar-refractivity contribution in [2.24, 2.45) is 0 Å². The lowest BCUT2D eigenvalue weighted by molar-refractivity contribution is -0.137. The first-order chi connectivity index (χ1) is 18.2. The summed E-state index contributed by atoms with van der Waals surface area (Å²) in [6.45, 7) is 1.78. The Labute approximate surface area is 227 Å². The second-order valence-corrected chi connectivity index (χ2v) is 9.92. The van der Waals surface area contributed by atoms with Gasteiger partial charge in [0, 0.05) is 24.2 Å². The standard InChI is InChI=1S/C26H23N3O7S2/c1-2-36-25(35)15-9-11-16(12-10-15)27-19(30)14-29-18-7-4-3-6-17(18)21(23(29)33)22-24(34)28(26(37)38-22)13-5-8-20(31)32/h3-4,6-7,9-12H,2,5,8,13-14H2,1H3,(H,27,30)(H,31,32)/b22-21-. The molecule has 0 spiro atoms. The van der Waals surface area contributed by atoms with Gasteiger partial charge in [-0.05, 0) is 43.7 Å². The lowest BCUT2D eigenvalue weighted by Gasteiger charge is -2.17. The fourth-order valence-corrected chi connectivity index (χ4v) is 5.42. The maximum absolute atomic E-state index is 13.5. The summed E-state index contributed by atoms with van der Waals surface area (Å²) in [7, 11) is 0. The number of rotatable bonds is 9. The van der Waals surface area contributed by atoms with E-state index in [1.165, 1.54) is 21.9 Å². The minimum atomic E-state index is -0.974. The lowest BCUT2D eigenvalue weighted by atomic mass is 10.1. The molecule has 1 saturated heterocycles. The first kappa shape index (κ1) is 27.0. The van der Waals surface area contributed by atoms with Crippen molar-refractivity contribution >= 4 is 74.9 Å². The van der Waals surface area contributed by atoms with Gasteiger partial charge in [0.1, 0.15) is 10.9 Å². The number of esters is 1. The summed E-state index contributed by atoms with van der Waals surface area (Å²) in [5.41, 5.74) is 1.93. The van der Waals surface area contributed by atoms with Crippen molar-refractivity contribution in [1.82, 2.24) is 4.90 Å². The Bertz CT molecular complexity index is 1370. The monoisotopic (exact) mass is 553 g/mol. The second kappa shape index (κ2) is 11.6. The van der Waals surface area contributed by atoms with Crippen molar-refractivity contribution in [3.8, 4) is 0 Å². The highest BCUT2D eigenvalue weighted by molar-refractivity contribution is 8.26. The van der Waals surface area contributed by atoms with Gasteiger partial charge in [0.15, 0.2) is 0 Å². The fraction of sp³-hybridized carbons (Fsp3) is 0.231. The highest BCUT2D eigenvalue weighted by Gasteiger charge is 2.42. The number of carboxylic acids is 1. The molecule has 0 aromatic heterocycles. The fourth-order valence-electron chi connectivity index (χ4n) is 4.04. The minimum Gasteiger partial charge on any atom is -0.481 e. The van der Waals surface area contributed by atoms with Gasteiger partial charge in [-0.3, -0.25) is 29.0 Å². The molecule has 10 nitrogen and oxygen atoms in total. The van der Waals surface area contributed by atoms with Crippen molar-refractivity contribution in [2.75, 3.05) is 29.9 Å². The van der Waals surface area contributed by atoms with Crippen LogP contribution in [0, 0.1) is 0 Å². The summed E-state index contributed by atoms with van der Waals surface area (Å²) in [4.78, 5) is 64.9. The Balaban J connectivity index is 1.52. The van der Waals surface area contributed by atoms with E-state index in [1.807, 2.05) is 0 Å². The summed E-state index contributed by atoms with van der Waals surface area (Å²) >= 11 is 6.32. The van der Waals surface area contributed by atoms with Crippen LogP contribution in [0.4, 0.5) is 11.4 Å². The van der Waals surface area contributed by atoms with Crippen LogP contribution in [-0.4, -0.2) is 63.7 Å². The van der Waals surface area contributed by atoms with Crippen LogP contribution >= 0.6 is 24.0 Å². The highest BCUT2D eigenvalue weighted by Crippen LogP contribution is 2.44. The van der Waals surface area contributed by atoms with E-state index in [9.17, 15) is 24.0 Å². The number of carbonyl (C=O) groups is 5. The summed E-state index contributed by atoms with van der Waals surface area (Å²) in [6.07, 6.45) is 0.112. The van der Waals surface area contributed by atoms with Crippen LogP contribution in [0.25, 0.3) is 5.57 Å². The van der Waals surface area contributed by atoms with Gasteiger partial charge in [-0.25, -0.2) is 4.79 Å². The van der Waals surface area contributed by atoms with Crippen LogP contribution in [0.3, 0.4) is 0 Å². The van der Waals surface area contributed by atoms with Crippen molar-refractivity contribution in [1.29, 1.82) is 0 Å². The first-order valence-electron chi connectivity index (χ1n) is 11.7. The molecule has 0 unspecified atom stereocenters. The molecule has 2 N–H and O–H groups in total. The van der Waals surface area contributed by atoms with Crippen LogP contribution in [-0.2, 0) is 23.9 Å². The molecule has 0 bridgehead atoms. The van der Waals surface area contributed by atoms with Gasteiger partial charge < -0.3 is 15.2 Å². The number of carbonyl (C=O) groups excluding carboxylic acids is 4. The van der Waals surface area contributed by atoms with E-state index < -0.39 is 29.7 Å². The third-order valence-corrected chi connectivity index (χ3v) is 7.20. The molecule has 12 heteroatoms. The van der Waals surface area contributed by atoms with Crippen molar-refractivity contribution < 1.29 is 33.8 Å². The Hall–Kier alpha value is -4.03. The number of thioether (sulfide) groups is 1. The van der Waals surface area contributed by atoms with Crippen LogP contribution in [0.15, 0.2) is 53.4 Å². The Kier molecular flexibility index (Phi) is 8.23. The maximum atomic E-state index is 13.5. The molecule has 2 aliphatic heterocycles. The van der Waals surface area contributed by atoms with E-state index in [0.29, 0.717) is 22.5 Å².